The Morgan fingerprint density at radius 3 is 2.55 bits per heavy atom. The lowest BCUT2D eigenvalue weighted by atomic mass is 9.96. The fourth-order valence-electron chi connectivity index (χ4n) is 3.90. The predicted molar refractivity (Wildman–Crippen MR) is 118 cm³/mol. The number of nitrogens with one attached hydrogen (secondary N) is 2. The Morgan fingerprint density at radius 2 is 1.76 bits per heavy atom. The summed E-state index contributed by atoms with van der Waals surface area (Å²) in [5.41, 5.74) is 0.639. The second-order valence-electron chi connectivity index (χ2n) is 8.15. The van der Waals surface area contributed by atoms with Crippen LogP contribution in [0.3, 0.4) is 0 Å². The van der Waals surface area contributed by atoms with Gasteiger partial charge in [0.15, 0.2) is 11.5 Å². The van der Waals surface area contributed by atoms with Crippen LogP contribution in [0.2, 0.25) is 0 Å². The van der Waals surface area contributed by atoms with E-state index in [0.29, 0.717) is 44.0 Å². The Morgan fingerprint density at radius 1 is 1.03 bits per heavy atom. The normalized spacial score (nSPS) is 15.2. The number of piperidine rings is 1. The lowest BCUT2D eigenvalue weighted by Crippen LogP contribution is -2.45. The van der Waals surface area contributed by atoms with Crippen LogP contribution in [0.25, 0.3) is 0 Å². The summed E-state index contributed by atoms with van der Waals surface area (Å²) in [5.74, 6) is -0.257. The number of hydrogen-bond acceptors (Lipinski definition) is 6. The van der Waals surface area contributed by atoms with E-state index in [1.807, 2.05) is 0 Å². The maximum Gasteiger partial charge on any atom is 0.309 e. The van der Waals surface area contributed by atoms with E-state index < -0.39 is 11.8 Å². The molecular formula is C23H26N4O6. The summed E-state index contributed by atoms with van der Waals surface area (Å²) < 4.78 is 11.9. The van der Waals surface area contributed by atoms with E-state index in [0.717, 1.165) is 5.56 Å². The van der Waals surface area contributed by atoms with Gasteiger partial charge in [0.2, 0.25) is 6.79 Å². The van der Waals surface area contributed by atoms with Crippen molar-refractivity contribution >= 4 is 17.7 Å². The molecule has 1 saturated heterocycles. The van der Waals surface area contributed by atoms with Gasteiger partial charge in [0.25, 0.3) is 11.5 Å². The highest BCUT2D eigenvalue weighted by atomic mass is 16.7. The summed E-state index contributed by atoms with van der Waals surface area (Å²) in [4.78, 5) is 50.8. The number of nitrogens with zero attached hydrogens (tertiary/aromatic N) is 2. The lowest BCUT2D eigenvalue weighted by Gasteiger charge is -2.32. The zero-order valence-electron chi connectivity index (χ0n) is 18.3. The van der Waals surface area contributed by atoms with Gasteiger partial charge in [-0.05, 0) is 48.6 Å². The molecule has 0 bridgehead atoms. The number of ether oxygens (including phenoxy) is 2. The van der Waals surface area contributed by atoms with Crippen molar-refractivity contribution in [2.75, 3.05) is 26.4 Å². The van der Waals surface area contributed by atoms with Gasteiger partial charge in [-0.15, -0.1) is 0 Å². The molecular weight excluding hydrogens is 428 g/mol. The number of amides is 3. The van der Waals surface area contributed by atoms with Crippen LogP contribution in [0.5, 0.6) is 11.5 Å². The van der Waals surface area contributed by atoms with Crippen molar-refractivity contribution in [3.63, 3.8) is 0 Å². The van der Waals surface area contributed by atoms with Crippen LogP contribution in [0.1, 0.15) is 28.8 Å². The summed E-state index contributed by atoms with van der Waals surface area (Å²) >= 11 is 0. The van der Waals surface area contributed by atoms with Gasteiger partial charge in [0.05, 0.1) is 0 Å². The standard InChI is InChI=1S/C23H26N4O6/c1-26-8-2-3-17(22(26)30)23(31)27-9-6-15(7-10-27)12-24-20(28)21(29)25-13-16-4-5-18-19(11-16)33-14-32-18/h2-5,8,11,15H,6-7,9-10,12-14H2,1H3,(H,24,28)(H,25,29). The fraction of sp³-hybridized carbons (Fsp3) is 0.391. The summed E-state index contributed by atoms with van der Waals surface area (Å²) in [5, 5.41) is 5.27. The highest BCUT2D eigenvalue weighted by molar-refractivity contribution is 6.35. The van der Waals surface area contributed by atoms with Gasteiger partial charge in [0, 0.05) is 39.4 Å². The first-order chi connectivity index (χ1) is 15.9. The van der Waals surface area contributed by atoms with Gasteiger partial charge in [-0.25, -0.2) is 0 Å². The van der Waals surface area contributed by atoms with Crippen molar-refractivity contribution in [1.29, 1.82) is 0 Å². The van der Waals surface area contributed by atoms with E-state index in [2.05, 4.69) is 10.6 Å². The Kier molecular flexibility index (Phi) is 6.62. The Bertz CT molecular complexity index is 1120. The number of pyridine rings is 1. The lowest BCUT2D eigenvalue weighted by molar-refractivity contribution is -0.139. The Balaban J connectivity index is 1.19. The second kappa shape index (κ2) is 9.76. The number of benzene rings is 1. The molecule has 0 unspecified atom stereocenters. The average Bonchev–Trinajstić information content (AvgIpc) is 3.30. The van der Waals surface area contributed by atoms with E-state index >= 15 is 0 Å². The van der Waals surface area contributed by atoms with Gasteiger partial charge in [-0.1, -0.05) is 6.07 Å². The zero-order chi connectivity index (χ0) is 23.4. The third kappa shape index (κ3) is 5.16. The van der Waals surface area contributed by atoms with E-state index in [4.69, 9.17) is 9.47 Å². The van der Waals surface area contributed by atoms with Crippen LogP contribution < -0.4 is 25.7 Å². The van der Waals surface area contributed by atoms with Gasteiger partial charge in [-0.3, -0.25) is 19.2 Å². The fourth-order valence-corrected chi connectivity index (χ4v) is 3.90. The molecule has 1 fully saturated rings. The smallest absolute Gasteiger partial charge is 0.309 e. The Labute approximate surface area is 190 Å². The first kappa shape index (κ1) is 22.4. The molecule has 174 valence electrons. The quantitative estimate of drug-likeness (QED) is 0.632. The van der Waals surface area contributed by atoms with E-state index in [1.54, 1.807) is 48.5 Å². The van der Waals surface area contributed by atoms with Crippen LogP contribution >= 0.6 is 0 Å². The summed E-state index contributed by atoms with van der Waals surface area (Å²) in [6.07, 6.45) is 2.97. The summed E-state index contributed by atoms with van der Waals surface area (Å²) in [6.45, 7) is 1.71. The molecule has 2 aromatic rings. The third-order valence-corrected chi connectivity index (χ3v) is 5.90. The topological polar surface area (TPSA) is 119 Å². The third-order valence-electron chi connectivity index (χ3n) is 5.90. The minimum absolute atomic E-state index is 0.151. The maximum atomic E-state index is 12.7. The number of carbonyl (C=O) groups is 3. The van der Waals surface area contributed by atoms with Crippen molar-refractivity contribution in [1.82, 2.24) is 20.1 Å². The molecule has 2 N–H and O–H groups in total. The SMILES string of the molecule is Cn1cccc(C(=O)N2CCC(CNC(=O)C(=O)NCc3ccc4c(c3)OCO4)CC2)c1=O. The van der Waals surface area contributed by atoms with Crippen molar-refractivity contribution in [2.24, 2.45) is 13.0 Å². The summed E-state index contributed by atoms with van der Waals surface area (Å²) in [7, 11) is 1.61. The van der Waals surface area contributed by atoms with Crippen molar-refractivity contribution in [3.8, 4) is 11.5 Å². The molecule has 4 rings (SSSR count). The number of aryl methyl sites for hydroxylation is 1. The van der Waals surface area contributed by atoms with Crippen molar-refractivity contribution < 1.29 is 23.9 Å². The number of fused-ring (bicyclic) bond motifs is 1. The number of carbonyl (C=O) groups excluding carboxylic acids is 3. The molecule has 0 spiro atoms. The molecule has 3 amide bonds. The highest BCUT2D eigenvalue weighted by Gasteiger charge is 2.26. The number of likely N-dealkylation sites (tertiary alicyclic amines) is 1. The van der Waals surface area contributed by atoms with Crippen LogP contribution in [0.15, 0.2) is 41.3 Å². The van der Waals surface area contributed by atoms with Gasteiger partial charge in [-0.2, -0.15) is 0 Å². The van der Waals surface area contributed by atoms with Gasteiger partial charge in [0.1, 0.15) is 5.56 Å². The molecule has 33 heavy (non-hydrogen) atoms. The van der Waals surface area contributed by atoms with Crippen LogP contribution in [0.4, 0.5) is 0 Å². The Hall–Kier alpha value is -3.82. The van der Waals surface area contributed by atoms with Crippen LogP contribution in [-0.2, 0) is 23.2 Å². The second-order valence-corrected chi connectivity index (χ2v) is 8.15. The molecule has 0 aliphatic carbocycles. The molecule has 2 aliphatic heterocycles. The largest absolute Gasteiger partial charge is 0.454 e. The number of aromatic nitrogens is 1. The van der Waals surface area contributed by atoms with Crippen molar-refractivity contribution in [2.45, 2.75) is 19.4 Å². The molecule has 1 aromatic carbocycles. The summed E-state index contributed by atoms with van der Waals surface area (Å²) in [6, 6.07) is 8.54. The van der Waals surface area contributed by atoms with Crippen LogP contribution in [-0.4, -0.2) is 53.6 Å². The first-order valence-electron chi connectivity index (χ1n) is 10.8. The van der Waals surface area contributed by atoms with E-state index in [1.165, 1.54) is 4.57 Å². The van der Waals surface area contributed by atoms with E-state index in [-0.39, 0.29) is 36.3 Å². The number of rotatable bonds is 5. The molecule has 10 nitrogen and oxygen atoms in total. The van der Waals surface area contributed by atoms with Crippen molar-refractivity contribution in [3.05, 3.63) is 58.0 Å². The zero-order valence-corrected chi connectivity index (χ0v) is 18.3. The minimum atomic E-state index is -0.708. The minimum Gasteiger partial charge on any atom is -0.454 e. The molecule has 3 heterocycles. The average molecular weight is 454 g/mol. The van der Waals surface area contributed by atoms with Gasteiger partial charge >= 0.3 is 11.8 Å². The molecule has 0 radical (unpaired) electrons. The van der Waals surface area contributed by atoms with Gasteiger partial charge < -0.3 is 29.6 Å². The molecule has 0 saturated carbocycles. The molecule has 1 aromatic heterocycles. The molecule has 0 atom stereocenters. The maximum absolute atomic E-state index is 12.7. The highest BCUT2D eigenvalue weighted by Crippen LogP contribution is 2.32. The van der Waals surface area contributed by atoms with E-state index in [9.17, 15) is 19.2 Å². The molecule has 10 heteroatoms. The monoisotopic (exact) mass is 454 g/mol. The van der Waals surface area contributed by atoms with Crippen LogP contribution in [0, 0.1) is 5.92 Å². The first-order valence-corrected chi connectivity index (χ1v) is 10.8. The molecule has 2 aliphatic rings. The predicted octanol–water partition coefficient (Wildman–Crippen LogP) is 0.399. The number of hydrogen-bond donors (Lipinski definition) is 2.